The van der Waals surface area contributed by atoms with Crippen LogP contribution in [0.25, 0.3) is 0 Å². The van der Waals surface area contributed by atoms with E-state index in [0.717, 1.165) is 25.1 Å². The van der Waals surface area contributed by atoms with Gasteiger partial charge in [-0.15, -0.1) is 0 Å². The van der Waals surface area contributed by atoms with Gasteiger partial charge in [0.05, 0.1) is 12.5 Å². The lowest BCUT2D eigenvalue weighted by atomic mass is 9.91. The number of amides is 1. The predicted molar refractivity (Wildman–Crippen MR) is 108 cm³/mol. The first kappa shape index (κ1) is 22.5. The second-order valence-electron chi connectivity index (χ2n) is 8.05. The first-order valence-corrected chi connectivity index (χ1v) is 10.5. The first-order chi connectivity index (χ1) is 15.1. The summed E-state index contributed by atoms with van der Waals surface area (Å²) in [5.74, 6) is -1.43. The molecule has 0 spiro atoms. The van der Waals surface area contributed by atoms with Crippen molar-refractivity contribution in [3.8, 4) is 0 Å². The fourth-order valence-electron chi connectivity index (χ4n) is 3.92. The van der Waals surface area contributed by atoms with Crippen molar-refractivity contribution in [3.63, 3.8) is 0 Å². The third kappa shape index (κ3) is 4.88. The standard InChI is InChI=1S/C22H20ClF3N2O4/c23-15-3-1-2-13(8-15)20-19(14-6-7-17(27-10-14)22(24,25)26)28(11-12-4-5-12)21(31)16(32-20)9-18(29)30/h1-3,6-8,10,12,16,19-20H,4-5,9,11H2,(H,29,30)/t16-,19+,20+/m0/s1. The summed E-state index contributed by atoms with van der Waals surface area (Å²) in [6.45, 7) is 0.362. The number of aromatic nitrogens is 1. The van der Waals surface area contributed by atoms with Crippen LogP contribution in [0.15, 0.2) is 42.6 Å². The maximum atomic E-state index is 13.2. The highest BCUT2D eigenvalue weighted by Gasteiger charge is 2.46. The Morgan fingerprint density at radius 2 is 1.97 bits per heavy atom. The summed E-state index contributed by atoms with van der Waals surface area (Å²) in [5.41, 5.74) is -0.0852. The number of morpholine rings is 1. The van der Waals surface area contributed by atoms with Crippen LogP contribution < -0.4 is 0 Å². The van der Waals surface area contributed by atoms with Crippen LogP contribution in [0.3, 0.4) is 0 Å². The fourth-order valence-corrected chi connectivity index (χ4v) is 4.12. The normalized spacial score (nSPS) is 23.9. The molecule has 1 N–H and O–H groups in total. The average molecular weight is 469 g/mol. The van der Waals surface area contributed by atoms with Gasteiger partial charge in [-0.2, -0.15) is 13.2 Å². The van der Waals surface area contributed by atoms with Gasteiger partial charge in [0.25, 0.3) is 5.91 Å². The summed E-state index contributed by atoms with van der Waals surface area (Å²) in [5, 5.41) is 9.68. The number of hydrogen-bond acceptors (Lipinski definition) is 4. The molecule has 3 atom stereocenters. The van der Waals surface area contributed by atoms with Crippen LogP contribution in [-0.2, 0) is 20.5 Å². The topological polar surface area (TPSA) is 79.7 Å². The third-order valence-electron chi connectivity index (χ3n) is 5.60. The van der Waals surface area contributed by atoms with Crippen molar-refractivity contribution in [3.05, 3.63) is 64.4 Å². The number of benzene rings is 1. The van der Waals surface area contributed by atoms with E-state index in [1.54, 1.807) is 24.3 Å². The molecule has 170 valence electrons. The van der Waals surface area contributed by atoms with E-state index in [1.807, 2.05) is 0 Å². The van der Waals surface area contributed by atoms with Gasteiger partial charge in [-0.3, -0.25) is 14.6 Å². The van der Waals surface area contributed by atoms with Crippen molar-refractivity contribution >= 4 is 23.5 Å². The molecule has 2 fully saturated rings. The molecule has 6 nitrogen and oxygen atoms in total. The SMILES string of the molecule is O=C(O)C[C@@H]1O[C@H](c2cccc(Cl)c2)[C@@H](c2ccc(C(F)(F)F)nc2)N(CC2CC2)C1=O. The smallest absolute Gasteiger partial charge is 0.433 e. The second kappa shape index (κ2) is 8.71. The van der Waals surface area contributed by atoms with E-state index in [0.29, 0.717) is 22.7 Å². The summed E-state index contributed by atoms with van der Waals surface area (Å²) >= 11 is 6.14. The van der Waals surface area contributed by atoms with Gasteiger partial charge in [-0.05, 0) is 48.1 Å². The van der Waals surface area contributed by atoms with Crippen LogP contribution in [0.5, 0.6) is 0 Å². The van der Waals surface area contributed by atoms with Gasteiger partial charge in [0.1, 0.15) is 17.9 Å². The third-order valence-corrected chi connectivity index (χ3v) is 5.83. The number of halogens is 4. The zero-order chi connectivity index (χ0) is 23.0. The lowest BCUT2D eigenvalue weighted by molar-refractivity contribution is -0.179. The van der Waals surface area contributed by atoms with Crippen molar-refractivity contribution in [2.24, 2.45) is 5.92 Å². The van der Waals surface area contributed by atoms with E-state index in [1.165, 1.54) is 11.0 Å². The Morgan fingerprint density at radius 3 is 2.53 bits per heavy atom. The van der Waals surface area contributed by atoms with Gasteiger partial charge in [-0.25, -0.2) is 0 Å². The number of nitrogens with zero attached hydrogens (tertiary/aromatic N) is 2. The van der Waals surface area contributed by atoms with Crippen LogP contribution in [-0.4, -0.2) is 39.5 Å². The molecule has 0 unspecified atom stereocenters. The van der Waals surface area contributed by atoms with Gasteiger partial charge in [-0.1, -0.05) is 29.8 Å². The van der Waals surface area contributed by atoms with Crippen molar-refractivity contribution in [2.45, 2.75) is 43.7 Å². The van der Waals surface area contributed by atoms with E-state index >= 15 is 0 Å². The van der Waals surface area contributed by atoms with Crippen LogP contribution in [0.1, 0.15) is 48.2 Å². The molecule has 1 aliphatic carbocycles. The van der Waals surface area contributed by atoms with Gasteiger partial charge < -0.3 is 14.7 Å². The van der Waals surface area contributed by atoms with E-state index in [-0.39, 0.29) is 5.92 Å². The zero-order valence-electron chi connectivity index (χ0n) is 16.8. The van der Waals surface area contributed by atoms with Gasteiger partial charge in [0.15, 0.2) is 0 Å². The second-order valence-corrected chi connectivity index (χ2v) is 8.49. The van der Waals surface area contributed by atoms with E-state index in [2.05, 4.69) is 4.98 Å². The van der Waals surface area contributed by atoms with E-state index in [4.69, 9.17) is 16.3 Å². The molecule has 0 radical (unpaired) electrons. The maximum Gasteiger partial charge on any atom is 0.433 e. The average Bonchev–Trinajstić information content (AvgIpc) is 3.54. The number of carboxylic acids is 1. The highest BCUT2D eigenvalue weighted by atomic mass is 35.5. The number of rotatable bonds is 6. The zero-order valence-corrected chi connectivity index (χ0v) is 17.5. The lowest BCUT2D eigenvalue weighted by Gasteiger charge is -2.44. The van der Waals surface area contributed by atoms with Crippen LogP contribution in [0, 0.1) is 5.92 Å². The number of aliphatic carboxylic acids is 1. The van der Waals surface area contributed by atoms with Crippen LogP contribution in [0.4, 0.5) is 13.2 Å². The minimum atomic E-state index is -4.59. The Labute approximate surface area is 187 Å². The highest BCUT2D eigenvalue weighted by molar-refractivity contribution is 6.30. The highest BCUT2D eigenvalue weighted by Crippen LogP contribution is 2.45. The molecule has 1 aromatic heterocycles. The van der Waals surface area contributed by atoms with Gasteiger partial charge in [0.2, 0.25) is 0 Å². The summed E-state index contributed by atoms with van der Waals surface area (Å²) < 4.78 is 45.0. The molecule has 1 aromatic carbocycles. The summed E-state index contributed by atoms with van der Waals surface area (Å²) in [7, 11) is 0. The molecular weight excluding hydrogens is 449 g/mol. The number of pyridine rings is 1. The minimum Gasteiger partial charge on any atom is -0.481 e. The molecule has 2 heterocycles. The Bertz CT molecular complexity index is 1010. The molecule has 10 heteroatoms. The molecule has 0 bridgehead atoms. The molecule has 2 aliphatic rings. The first-order valence-electron chi connectivity index (χ1n) is 10.1. The predicted octanol–water partition coefficient (Wildman–Crippen LogP) is 4.65. The van der Waals surface area contributed by atoms with E-state index < -0.39 is 48.4 Å². The molecule has 2 aromatic rings. The number of ether oxygens (including phenoxy) is 1. The van der Waals surface area contributed by atoms with E-state index in [9.17, 15) is 27.9 Å². The minimum absolute atomic E-state index is 0.257. The summed E-state index contributed by atoms with van der Waals surface area (Å²) in [6, 6.07) is 8.09. The van der Waals surface area contributed by atoms with Crippen molar-refractivity contribution in [1.82, 2.24) is 9.88 Å². The number of carbonyl (C=O) groups excluding carboxylic acids is 1. The molecular formula is C22H20ClF3N2O4. The molecule has 1 amide bonds. The summed E-state index contributed by atoms with van der Waals surface area (Å²) in [6.07, 6.45) is -4.21. The maximum absolute atomic E-state index is 13.2. The quantitative estimate of drug-likeness (QED) is 0.667. The molecule has 1 saturated heterocycles. The Hall–Kier alpha value is -2.65. The number of carbonyl (C=O) groups is 2. The monoisotopic (exact) mass is 468 g/mol. The Kier molecular flexibility index (Phi) is 6.13. The Balaban J connectivity index is 1.78. The lowest BCUT2D eigenvalue weighted by Crippen LogP contribution is -2.52. The molecule has 32 heavy (non-hydrogen) atoms. The Morgan fingerprint density at radius 1 is 1.22 bits per heavy atom. The van der Waals surface area contributed by atoms with Crippen molar-refractivity contribution in [2.75, 3.05) is 6.54 Å². The molecule has 1 saturated carbocycles. The van der Waals surface area contributed by atoms with Crippen molar-refractivity contribution < 1.29 is 32.6 Å². The number of carboxylic acid groups (broad SMARTS) is 1. The summed E-state index contributed by atoms with van der Waals surface area (Å²) in [4.78, 5) is 29.6. The fraction of sp³-hybridized carbons (Fsp3) is 0.409. The van der Waals surface area contributed by atoms with Gasteiger partial charge >= 0.3 is 12.1 Å². The molecule has 4 rings (SSSR count). The largest absolute Gasteiger partial charge is 0.481 e. The number of hydrogen-bond donors (Lipinski definition) is 1. The van der Waals surface area contributed by atoms with Crippen LogP contribution >= 0.6 is 11.6 Å². The van der Waals surface area contributed by atoms with Gasteiger partial charge in [0, 0.05) is 17.8 Å². The van der Waals surface area contributed by atoms with Crippen LogP contribution in [0.2, 0.25) is 5.02 Å². The molecule has 1 aliphatic heterocycles. The van der Waals surface area contributed by atoms with Crippen molar-refractivity contribution in [1.29, 1.82) is 0 Å². The number of alkyl halides is 3.